The van der Waals surface area contributed by atoms with Crippen molar-refractivity contribution in [1.82, 2.24) is 44.7 Å². The molecule has 9 aliphatic rings. The molecule has 3 aromatic rings. The highest BCUT2D eigenvalue weighted by molar-refractivity contribution is 6.68. The van der Waals surface area contributed by atoms with E-state index in [9.17, 15) is 0 Å². The van der Waals surface area contributed by atoms with Gasteiger partial charge in [-0.2, -0.15) is 0 Å². The molecule has 2 fully saturated rings. The van der Waals surface area contributed by atoms with E-state index in [-0.39, 0.29) is 11.8 Å². The lowest BCUT2D eigenvalue weighted by atomic mass is 9.74. The van der Waals surface area contributed by atoms with Gasteiger partial charge in [-0.25, -0.2) is 39.9 Å². The number of hydrogen-bond donors (Lipinski definition) is 3. The van der Waals surface area contributed by atoms with Crippen LogP contribution in [0.15, 0.2) is 82.5 Å². The van der Waals surface area contributed by atoms with Gasteiger partial charge in [0.2, 0.25) is 0 Å². The van der Waals surface area contributed by atoms with Crippen molar-refractivity contribution in [2.24, 2.45) is 70.5 Å². The first kappa shape index (κ1) is 37.0. The SMILES string of the molecule is CC1CCCC(C)C1CO[Si]1(OCC2C(C)CCCC2C)N2/C3=N\C4=NC(=N\c5c6nccnc6c(n51)/N=C1\N=C(NC2c2nccnc23)C2=C1N=CCN2)/C1=C4N=CCN1. The highest BCUT2D eigenvalue weighted by Gasteiger charge is 2.63. The van der Waals surface area contributed by atoms with Crippen LogP contribution in [0.1, 0.15) is 83.8 Å². The predicted molar refractivity (Wildman–Crippen MR) is 234 cm³/mol. The van der Waals surface area contributed by atoms with Crippen LogP contribution in [-0.4, -0.2) is 106 Å². The second-order valence-corrected chi connectivity index (χ2v) is 20.4. The first-order valence-corrected chi connectivity index (χ1v) is 23.6. The molecule has 0 aromatic carbocycles. The maximum Gasteiger partial charge on any atom is 0.599 e. The first-order valence-electron chi connectivity index (χ1n) is 21.8. The molecule has 0 amide bonds. The second-order valence-electron chi connectivity index (χ2n) is 17.7. The van der Waals surface area contributed by atoms with Crippen LogP contribution in [0.5, 0.6) is 0 Å². The molecule has 2 saturated carbocycles. The molecule has 10 heterocycles. The fraction of sp³-hybridized carbons (Fsp3) is 0.500. The zero-order valence-corrected chi connectivity index (χ0v) is 35.7. The van der Waals surface area contributed by atoms with Gasteiger partial charge in [-0.15, -0.1) is 0 Å². The molecule has 12 rings (SSSR count). The monoisotopic (exact) mass is 836 g/mol. The van der Waals surface area contributed by atoms with Gasteiger partial charge >= 0.3 is 8.88 Å². The van der Waals surface area contributed by atoms with Crippen LogP contribution in [0, 0.1) is 35.5 Å². The summed E-state index contributed by atoms with van der Waals surface area (Å²) in [7, 11) is -4.31. The number of rotatable bonds is 6. The van der Waals surface area contributed by atoms with E-state index in [0.29, 0.717) is 130 Å². The third-order valence-corrected chi connectivity index (χ3v) is 17.3. The summed E-state index contributed by atoms with van der Waals surface area (Å²) in [5.74, 6) is 5.50. The van der Waals surface area contributed by atoms with Crippen LogP contribution in [0.2, 0.25) is 0 Å². The molecule has 19 heteroatoms. The molecule has 0 spiro atoms. The molecule has 312 valence electrons. The van der Waals surface area contributed by atoms with Crippen molar-refractivity contribution in [2.45, 2.75) is 72.4 Å². The van der Waals surface area contributed by atoms with Gasteiger partial charge in [0, 0.05) is 50.4 Å². The fourth-order valence-electron chi connectivity index (χ4n) is 10.8. The van der Waals surface area contributed by atoms with Crippen LogP contribution in [0.4, 0.5) is 11.6 Å². The van der Waals surface area contributed by atoms with E-state index in [2.05, 4.69) is 52.4 Å². The van der Waals surface area contributed by atoms with Crippen molar-refractivity contribution in [3.8, 4) is 0 Å². The van der Waals surface area contributed by atoms with Crippen molar-refractivity contribution in [3.05, 3.63) is 59.0 Å². The zero-order chi connectivity index (χ0) is 41.0. The number of nitrogens with zero attached hydrogens (tertiary/aromatic N) is 13. The Morgan fingerprint density at radius 3 is 1.85 bits per heavy atom. The molecule has 5 unspecified atom stereocenters. The Hall–Kier alpha value is -5.79. The maximum atomic E-state index is 7.95. The summed E-state index contributed by atoms with van der Waals surface area (Å²) >= 11 is 0. The van der Waals surface area contributed by atoms with Crippen molar-refractivity contribution in [3.63, 3.8) is 0 Å². The molecule has 7 aliphatic heterocycles. The van der Waals surface area contributed by atoms with E-state index in [1.54, 1.807) is 24.8 Å². The Morgan fingerprint density at radius 2 is 1.20 bits per heavy atom. The molecule has 3 N–H and O–H groups in total. The van der Waals surface area contributed by atoms with Gasteiger partial charge in [-0.1, -0.05) is 66.2 Å². The van der Waals surface area contributed by atoms with Crippen molar-refractivity contribution in [1.29, 1.82) is 0 Å². The topological polar surface area (TPSA) is 201 Å². The van der Waals surface area contributed by atoms with Crippen LogP contribution in [0.3, 0.4) is 0 Å². The third-order valence-electron chi connectivity index (χ3n) is 14.2. The molecular weight excluding hydrogens is 789 g/mol. The number of aromatic nitrogens is 5. The number of amidine groups is 5. The number of aliphatic imine (C=N–C) groups is 7. The number of nitrogens with one attached hydrogen (secondary N) is 3. The lowest BCUT2D eigenvalue weighted by Gasteiger charge is -2.45. The minimum atomic E-state index is -4.31. The van der Waals surface area contributed by atoms with Gasteiger partial charge in [0.15, 0.2) is 40.8 Å². The highest BCUT2D eigenvalue weighted by atomic mass is 28.4. The van der Waals surface area contributed by atoms with E-state index in [1.165, 1.54) is 12.8 Å². The van der Waals surface area contributed by atoms with Crippen LogP contribution in [0.25, 0.3) is 11.0 Å². The molecule has 3 aromatic heterocycles. The average Bonchev–Trinajstić information content (AvgIpc) is 3.99. The lowest BCUT2D eigenvalue weighted by Crippen LogP contribution is -2.68. The van der Waals surface area contributed by atoms with Crippen LogP contribution >= 0.6 is 0 Å². The minimum absolute atomic E-state index is 0.262. The number of fused-ring (bicyclic) bond motifs is 12. The largest absolute Gasteiger partial charge is 0.599 e. The zero-order valence-electron chi connectivity index (χ0n) is 34.7. The Kier molecular flexibility index (Phi) is 8.57. The first-order chi connectivity index (χ1) is 29.9. The Labute approximate surface area is 353 Å². The Balaban J connectivity index is 1.21. The van der Waals surface area contributed by atoms with E-state index >= 15 is 0 Å². The van der Waals surface area contributed by atoms with Gasteiger partial charge in [-0.05, 0) is 35.5 Å². The lowest BCUT2D eigenvalue weighted by molar-refractivity contribution is 0.0262. The van der Waals surface area contributed by atoms with Gasteiger partial charge in [0.1, 0.15) is 51.4 Å². The summed E-state index contributed by atoms with van der Waals surface area (Å²) < 4.78 is 20.1. The molecular formula is C42H48N16O2Si. The predicted octanol–water partition coefficient (Wildman–Crippen LogP) is 4.72. The highest BCUT2D eigenvalue weighted by Crippen LogP contribution is 2.48. The molecule has 18 nitrogen and oxygen atoms in total. The summed E-state index contributed by atoms with van der Waals surface area (Å²) in [5.41, 5.74) is 4.89. The summed E-state index contributed by atoms with van der Waals surface area (Å²) in [6, 6.07) is 0. The third kappa shape index (κ3) is 5.62. The molecule has 5 atom stereocenters. The molecule has 6 bridgehead atoms. The Bertz CT molecular complexity index is 2620. The van der Waals surface area contributed by atoms with E-state index in [1.807, 2.05) is 12.4 Å². The summed E-state index contributed by atoms with van der Waals surface area (Å²) in [6.07, 6.45) is 16.7. The van der Waals surface area contributed by atoms with Gasteiger partial charge in [0.25, 0.3) is 0 Å². The number of hydrogen-bond acceptors (Lipinski definition) is 17. The van der Waals surface area contributed by atoms with E-state index < -0.39 is 15.0 Å². The van der Waals surface area contributed by atoms with E-state index in [0.717, 1.165) is 31.4 Å². The fourth-order valence-corrected chi connectivity index (χ4v) is 14.3. The van der Waals surface area contributed by atoms with Crippen molar-refractivity contribution < 1.29 is 8.85 Å². The summed E-state index contributed by atoms with van der Waals surface area (Å²) in [6.45, 7) is 11.3. The second kappa shape index (κ2) is 14.1. The molecule has 61 heavy (non-hydrogen) atoms. The van der Waals surface area contributed by atoms with Gasteiger partial charge < -0.3 is 24.8 Å². The summed E-state index contributed by atoms with van der Waals surface area (Å²) in [4.78, 5) is 56.4. The van der Waals surface area contributed by atoms with Crippen molar-refractivity contribution in [2.75, 3.05) is 26.3 Å². The van der Waals surface area contributed by atoms with E-state index in [4.69, 9.17) is 63.7 Å². The van der Waals surface area contributed by atoms with Gasteiger partial charge in [-0.3, -0.25) is 23.8 Å². The quantitative estimate of drug-likeness (QED) is 0.292. The maximum absolute atomic E-state index is 7.95. The molecule has 0 radical (unpaired) electrons. The minimum Gasteiger partial charge on any atom is -0.375 e. The summed E-state index contributed by atoms with van der Waals surface area (Å²) in [5, 5.41) is 10.8. The molecule has 2 aliphatic carbocycles. The normalized spacial score (nSPS) is 34.4. The molecule has 0 saturated heterocycles. The standard InChI is InChI=1S/C42H48N16O2Si/c1-21-7-5-8-22(2)25(21)19-59-61(60-20-26-23(3)9-6-10-24(26)4)57-39-31-32(48-16-15-47-31)41(57)55-37-29-30(46-14-13-45-29)38(52-37)56-42-34-33(49-17-18-50-34)40(58(42)61)54-36-28-27(35(51-36)53-39)43-11-12-44-28/h11,14-18,21-26,40,44-45H,5-10,12-13,19-20H2,1-4H3,(H,51,53,54)/b55-37-,56-42-. The average molecular weight is 837 g/mol. The Morgan fingerprint density at radius 1 is 0.639 bits per heavy atom. The smallest absolute Gasteiger partial charge is 0.375 e. The van der Waals surface area contributed by atoms with Gasteiger partial charge in [0.05, 0.1) is 13.1 Å². The van der Waals surface area contributed by atoms with Crippen LogP contribution in [-0.2, 0) is 8.85 Å². The van der Waals surface area contributed by atoms with Crippen molar-refractivity contribution >= 4 is 73.2 Å². The van der Waals surface area contributed by atoms with Crippen LogP contribution < -0.4 is 16.0 Å².